The van der Waals surface area contributed by atoms with Crippen LogP contribution in [0.5, 0.6) is 5.75 Å². The number of benzene rings is 1. The number of hydrogen-bond donors (Lipinski definition) is 3. The second-order valence-electron chi connectivity index (χ2n) is 10.3. The summed E-state index contributed by atoms with van der Waals surface area (Å²) < 4.78 is 20.6. The number of pyridine rings is 2. The highest BCUT2D eigenvalue weighted by Gasteiger charge is 2.17. The molecule has 2 aliphatic heterocycles. The molecule has 1 fully saturated rings. The van der Waals surface area contributed by atoms with Gasteiger partial charge in [-0.2, -0.15) is 5.10 Å². The van der Waals surface area contributed by atoms with Crippen LogP contribution < -0.4 is 10.1 Å². The Hall–Kier alpha value is -4.08. The molecule has 9 heteroatoms. The van der Waals surface area contributed by atoms with Gasteiger partial charge in [0.05, 0.1) is 34.8 Å². The van der Waals surface area contributed by atoms with Gasteiger partial charge in [0.15, 0.2) is 0 Å². The van der Waals surface area contributed by atoms with Gasteiger partial charge < -0.3 is 15.0 Å². The number of nitrogens with zero attached hydrogens (tertiary/aromatic N) is 4. The molecule has 6 heterocycles. The number of hydrogen-bond acceptors (Lipinski definition) is 6. The number of aromatic amines is 2. The fraction of sp³-hybridized carbons (Fsp3) is 0.300. The largest absolute Gasteiger partial charge is 0.492 e. The molecule has 4 aromatic heterocycles. The van der Waals surface area contributed by atoms with E-state index in [1.807, 2.05) is 12.3 Å². The van der Waals surface area contributed by atoms with Gasteiger partial charge >= 0.3 is 0 Å². The van der Waals surface area contributed by atoms with Crippen LogP contribution in [0.25, 0.3) is 49.9 Å². The van der Waals surface area contributed by atoms with Crippen molar-refractivity contribution in [2.24, 2.45) is 0 Å². The number of fused-ring (bicyclic) bond motifs is 2. The molecule has 0 amide bonds. The summed E-state index contributed by atoms with van der Waals surface area (Å²) in [4.78, 5) is 15.0. The Balaban J connectivity index is 1.22. The lowest BCUT2D eigenvalue weighted by Gasteiger charge is -2.15. The first-order chi connectivity index (χ1) is 19.2. The second kappa shape index (κ2) is 10.2. The monoisotopic (exact) mass is 523 g/mol. The van der Waals surface area contributed by atoms with Crippen LogP contribution in [-0.2, 0) is 0 Å². The third-order valence-corrected chi connectivity index (χ3v) is 7.70. The molecule has 0 atom stereocenters. The van der Waals surface area contributed by atoms with E-state index in [-0.39, 0.29) is 5.82 Å². The van der Waals surface area contributed by atoms with Crippen LogP contribution in [0.15, 0.2) is 55.0 Å². The van der Waals surface area contributed by atoms with Gasteiger partial charge in [-0.25, -0.2) is 4.39 Å². The zero-order valence-corrected chi connectivity index (χ0v) is 21.6. The van der Waals surface area contributed by atoms with Gasteiger partial charge in [0.25, 0.3) is 0 Å². The molecular formula is C30H30FN7O. The second-order valence-corrected chi connectivity index (χ2v) is 10.3. The number of H-pyrrole nitrogens is 2. The highest BCUT2D eigenvalue weighted by molar-refractivity contribution is 6.01. The van der Waals surface area contributed by atoms with Crippen LogP contribution in [-0.4, -0.2) is 69.4 Å². The lowest BCUT2D eigenvalue weighted by Crippen LogP contribution is -2.25. The fourth-order valence-electron chi connectivity index (χ4n) is 5.66. The molecule has 1 aromatic carbocycles. The molecule has 0 bridgehead atoms. The van der Waals surface area contributed by atoms with E-state index in [0.29, 0.717) is 12.4 Å². The number of rotatable bonds is 7. The molecule has 2 aliphatic rings. The lowest BCUT2D eigenvalue weighted by atomic mass is 10.0. The first-order valence-corrected chi connectivity index (χ1v) is 13.6. The molecule has 198 valence electrons. The van der Waals surface area contributed by atoms with Crippen molar-refractivity contribution < 1.29 is 9.13 Å². The maximum Gasteiger partial charge on any atom is 0.127 e. The molecule has 39 heavy (non-hydrogen) atoms. The standard InChI is InChI=1S/C30H30FN7O/c31-21-11-20(12-22(13-21)39-10-9-38-7-1-2-8-38)25-16-33-17-28-23(25)14-27(35-28)30-24-15-26(19-3-5-32-6-4-19)34-18-29(24)36-37-30/h3,11-18,32,35H,1-2,4-10H2,(H,36,37). The predicted molar refractivity (Wildman–Crippen MR) is 151 cm³/mol. The zero-order chi connectivity index (χ0) is 26.2. The van der Waals surface area contributed by atoms with Crippen LogP contribution in [0.3, 0.4) is 0 Å². The minimum Gasteiger partial charge on any atom is -0.492 e. The highest BCUT2D eigenvalue weighted by Crippen LogP contribution is 2.35. The van der Waals surface area contributed by atoms with Gasteiger partial charge in [-0.05, 0) is 74.3 Å². The minimum absolute atomic E-state index is 0.332. The fourth-order valence-corrected chi connectivity index (χ4v) is 5.66. The van der Waals surface area contributed by atoms with Crippen LogP contribution in [0.2, 0.25) is 0 Å². The first-order valence-electron chi connectivity index (χ1n) is 13.6. The van der Waals surface area contributed by atoms with Gasteiger partial charge in [-0.15, -0.1) is 0 Å². The van der Waals surface area contributed by atoms with E-state index in [0.717, 1.165) is 89.2 Å². The molecular weight excluding hydrogens is 493 g/mol. The first kappa shape index (κ1) is 24.0. The van der Waals surface area contributed by atoms with Gasteiger partial charge in [-0.3, -0.25) is 20.0 Å². The number of aromatic nitrogens is 5. The van der Waals surface area contributed by atoms with Crippen LogP contribution >= 0.6 is 0 Å². The van der Waals surface area contributed by atoms with E-state index < -0.39 is 0 Å². The van der Waals surface area contributed by atoms with E-state index >= 15 is 0 Å². The summed E-state index contributed by atoms with van der Waals surface area (Å²) in [6, 6.07) is 9.04. The zero-order valence-electron chi connectivity index (χ0n) is 21.6. The molecule has 3 N–H and O–H groups in total. The lowest BCUT2D eigenvalue weighted by molar-refractivity contribution is 0.237. The third kappa shape index (κ3) is 4.79. The van der Waals surface area contributed by atoms with Crippen LogP contribution in [0.4, 0.5) is 4.39 Å². The predicted octanol–water partition coefficient (Wildman–Crippen LogP) is 5.16. The summed E-state index contributed by atoms with van der Waals surface area (Å²) in [7, 11) is 0. The molecule has 0 spiro atoms. The molecule has 1 saturated heterocycles. The Morgan fingerprint density at radius 2 is 1.90 bits per heavy atom. The normalized spacial score (nSPS) is 16.3. The molecule has 0 saturated carbocycles. The maximum atomic E-state index is 14.7. The van der Waals surface area contributed by atoms with Crippen molar-refractivity contribution in [2.45, 2.75) is 19.3 Å². The molecule has 0 radical (unpaired) electrons. The number of nitrogens with one attached hydrogen (secondary N) is 3. The van der Waals surface area contributed by atoms with E-state index in [1.54, 1.807) is 12.4 Å². The summed E-state index contributed by atoms with van der Waals surface area (Å²) in [5.74, 6) is 0.199. The quantitative estimate of drug-likeness (QED) is 0.273. The summed E-state index contributed by atoms with van der Waals surface area (Å²) in [6.07, 6.45) is 11.0. The number of ether oxygens (including phenoxy) is 1. The minimum atomic E-state index is -0.332. The van der Waals surface area contributed by atoms with Gasteiger partial charge in [0, 0.05) is 41.7 Å². The molecule has 8 nitrogen and oxygen atoms in total. The molecule has 7 rings (SSSR count). The van der Waals surface area contributed by atoms with E-state index in [2.05, 4.69) is 53.6 Å². The van der Waals surface area contributed by atoms with E-state index in [1.165, 1.54) is 30.5 Å². The molecule has 0 aliphatic carbocycles. The maximum absolute atomic E-state index is 14.7. The Morgan fingerprint density at radius 3 is 2.77 bits per heavy atom. The third-order valence-electron chi connectivity index (χ3n) is 7.70. The van der Waals surface area contributed by atoms with Crippen LogP contribution in [0, 0.1) is 5.82 Å². The Bertz CT molecular complexity index is 1680. The Kier molecular flexibility index (Phi) is 6.30. The smallest absolute Gasteiger partial charge is 0.127 e. The van der Waals surface area contributed by atoms with Gasteiger partial charge in [0.2, 0.25) is 0 Å². The number of halogens is 1. The van der Waals surface area contributed by atoms with Crippen molar-refractivity contribution in [1.29, 1.82) is 0 Å². The van der Waals surface area contributed by atoms with E-state index in [4.69, 9.17) is 4.74 Å². The topological polar surface area (TPSA) is 94.8 Å². The highest BCUT2D eigenvalue weighted by atomic mass is 19.1. The SMILES string of the molecule is Fc1cc(OCCN2CCCC2)cc(-c2cncc3[nH]c(-c4n[nH]c5cnc(C6=CCNCC6)cc45)cc23)c1. The Labute approximate surface area is 225 Å². The number of likely N-dealkylation sites (tertiary alicyclic amines) is 1. The van der Waals surface area contributed by atoms with Gasteiger partial charge in [0.1, 0.15) is 23.9 Å². The van der Waals surface area contributed by atoms with Crippen molar-refractivity contribution in [1.82, 2.24) is 35.4 Å². The summed E-state index contributed by atoms with van der Waals surface area (Å²) in [6.45, 7) is 5.42. The molecule has 0 unspecified atom stereocenters. The van der Waals surface area contributed by atoms with E-state index in [9.17, 15) is 4.39 Å². The van der Waals surface area contributed by atoms with Crippen molar-refractivity contribution in [3.63, 3.8) is 0 Å². The average molecular weight is 524 g/mol. The van der Waals surface area contributed by atoms with Crippen molar-refractivity contribution in [3.05, 3.63) is 66.5 Å². The van der Waals surface area contributed by atoms with Crippen LogP contribution in [0.1, 0.15) is 25.0 Å². The van der Waals surface area contributed by atoms with Gasteiger partial charge in [-0.1, -0.05) is 6.08 Å². The summed E-state index contributed by atoms with van der Waals surface area (Å²) in [5, 5.41) is 13.0. The molecule has 5 aromatic rings. The van der Waals surface area contributed by atoms with Crippen molar-refractivity contribution >= 4 is 27.4 Å². The summed E-state index contributed by atoms with van der Waals surface area (Å²) in [5.41, 5.74) is 7.19. The Morgan fingerprint density at radius 1 is 0.974 bits per heavy atom. The van der Waals surface area contributed by atoms with Crippen molar-refractivity contribution in [3.8, 4) is 28.3 Å². The summed E-state index contributed by atoms with van der Waals surface area (Å²) >= 11 is 0. The average Bonchev–Trinajstić information content (AvgIpc) is 3.72. The van der Waals surface area contributed by atoms with Crippen molar-refractivity contribution in [2.75, 3.05) is 39.3 Å².